The normalized spacial score (nSPS) is 16.8. The summed E-state index contributed by atoms with van der Waals surface area (Å²) in [4.78, 5) is 18.3. The summed E-state index contributed by atoms with van der Waals surface area (Å²) in [5.74, 6) is 1.24. The smallest absolute Gasteiger partial charge is 0.346 e. The van der Waals surface area contributed by atoms with E-state index < -0.39 is 0 Å². The molecule has 1 aromatic heterocycles. The predicted molar refractivity (Wildman–Crippen MR) is 84.2 cm³/mol. The summed E-state index contributed by atoms with van der Waals surface area (Å²) in [7, 11) is 3.39. The molecule has 1 aliphatic heterocycles. The predicted octanol–water partition coefficient (Wildman–Crippen LogP) is 1.96. The first-order valence-corrected chi connectivity index (χ1v) is 8.33. The van der Waals surface area contributed by atoms with E-state index in [-0.39, 0.29) is 17.7 Å². The lowest BCUT2D eigenvalue weighted by Crippen LogP contribution is -2.30. The highest BCUT2D eigenvalue weighted by Crippen LogP contribution is 2.25. The van der Waals surface area contributed by atoms with E-state index in [0.29, 0.717) is 29.9 Å². The van der Waals surface area contributed by atoms with Crippen molar-refractivity contribution in [3.8, 4) is 0 Å². The average Bonchev–Trinajstić information content (AvgIpc) is 2.89. The van der Waals surface area contributed by atoms with Crippen molar-refractivity contribution in [2.75, 3.05) is 33.1 Å². The van der Waals surface area contributed by atoms with Crippen molar-refractivity contribution in [1.29, 1.82) is 0 Å². The van der Waals surface area contributed by atoms with Crippen LogP contribution in [0, 0.1) is 0 Å². The molecule has 124 valence electrons. The summed E-state index contributed by atoms with van der Waals surface area (Å²) in [5, 5.41) is 4.95. The molecule has 1 fully saturated rings. The molecule has 2 heterocycles. The molecule has 2 rings (SSSR count). The summed E-state index contributed by atoms with van der Waals surface area (Å²) < 4.78 is 12.4. The number of rotatable bonds is 3. The van der Waals surface area contributed by atoms with E-state index in [1.807, 2.05) is 20.8 Å². The van der Waals surface area contributed by atoms with Gasteiger partial charge < -0.3 is 14.4 Å². The minimum absolute atomic E-state index is 0.212. The Bertz CT molecular complexity index is 519. The Hall–Kier alpha value is -1.12. The zero-order valence-electron chi connectivity index (χ0n) is 13.8. The Morgan fingerprint density at radius 3 is 2.55 bits per heavy atom. The van der Waals surface area contributed by atoms with Crippen LogP contribution in [0.25, 0.3) is 0 Å². The van der Waals surface area contributed by atoms with Crippen molar-refractivity contribution in [3.63, 3.8) is 0 Å². The quantitative estimate of drug-likeness (QED) is 0.790. The fourth-order valence-electron chi connectivity index (χ4n) is 1.80. The Balaban J connectivity index is 2.16. The van der Waals surface area contributed by atoms with E-state index in [1.165, 1.54) is 21.3 Å². The van der Waals surface area contributed by atoms with E-state index in [0.717, 1.165) is 6.42 Å². The van der Waals surface area contributed by atoms with Crippen molar-refractivity contribution in [1.82, 2.24) is 19.7 Å². The molecule has 0 aliphatic carbocycles. The second-order valence-electron chi connectivity index (χ2n) is 6.39. The molecule has 0 bridgehead atoms. The Morgan fingerprint density at radius 2 is 2.00 bits per heavy atom. The molecule has 0 unspecified atom stereocenters. The molecule has 0 aromatic carbocycles. The molecule has 22 heavy (non-hydrogen) atoms. The Morgan fingerprint density at radius 1 is 1.36 bits per heavy atom. The maximum Gasteiger partial charge on any atom is 0.346 e. The lowest BCUT2D eigenvalue weighted by atomic mass is 9.96. The summed E-state index contributed by atoms with van der Waals surface area (Å²) in [6, 6.07) is -0.212. The van der Waals surface area contributed by atoms with E-state index in [4.69, 9.17) is 9.47 Å². The second kappa shape index (κ2) is 6.97. The van der Waals surface area contributed by atoms with Gasteiger partial charge in [-0.3, -0.25) is 0 Å². The maximum atomic E-state index is 12.3. The van der Waals surface area contributed by atoms with Gasteiger partial charge in [-0.1, -0.05) is 32.5 Å². The molecule has 1 aliphatic rings. The average molecular weight is 328 g/mol. The molecule has 1 amide bonds. The molecular weight excluding hydrogens is 304 g/mol. The molecule has 0 radical (unpaired) electrons. The molecule has 0 N–H and O–H groups in total. The molecular formula is C14H24N4O3S. The van der Waals surface area contributed by atoms with Gasteiger partial charge in [-0.15, -0.1) is 5.10 Å². The number of hydrogen-bond acceptors (Lipinski definition) is 6. The maximum absolute atomic E-state index is 12.3. The van der Waals surface area contributed by atoms with Crippen molar-refractivity contribution in [3.05, 3.63) is 5.82 Å². The minimum atomic E-state index is -0.253. The summed E-state index contributed by atoms with van der Waals surface area (Å²) >= 11 is 1.43. The topological polar surface area (TPSA) is 69.5 Å². The van der Waals surface area contributed by atoms with Crippen molar-refractivity contribution in [2.24, 2.45) is 0 Å². The summed E-state index contributed by atoms with van der Waals surface area (Å²) in [6.07, 6.45) is 0.668. The molecule has 1 aromatic rings. The fraction of sp³-hybridized carbons (Fsp3) is 0.786. The van der Waals surface area contributed by atoms with Crippen LogP contribution in [0.2, 0.25) is 0 Å². The van der Waals surface area contributed by atoms with E-state index in [1.54, 1.807) is 14.1 Å². The third-order valence-corrected chi connectivity index (χ3v) is 4.02. The van der Waals surface area contributed by atoms with Crippen LogP contribution in [0.4, 0.5) is 4.79 Å². The first-order chi connectivity index (χ1) is 10.3. The highest BCUT2D eigenvalue weighted by molar-refractivity contribution is 7.99. The number of nitrogens with zero attached hydrogens (tertiary/aromatic N) is 4. The van der Waals surface area contributed by atoms with Crippen LogP contribution >= 0.6 is 11.8 Å². The van der Waals surface area contributed by atoms with Crippen molar-refractivity contribution >= 4 is 17.8 Å². The molecule has 1 saturated heterocycles. The number of carbonyl (C=O) groups excluding carboxylic acids is 1. The number of amides is 1. The number of hydrogen-bond donors (Lipinski definition) is 0. The van der Waals surface area contributed by atoms with Crippen LogP contribution in [-0.2, 0) is 14.9 Å². The van der Waals surface area contributed by atoms with Crippen LogP contribution in [-0.4, -0.2) is 65.0 Å². The first kappa shape index (κ1) is 17.2. The minimum Gasteiger partial charge on any atom is -0.352 e. The van der Waals surface area contributed by atoms with Gasteiger partial charge in [0.15, 0.2) is 17.3 Å². The van der Waals surface area contributed by atoms with Crippen LogP contribution in [0.15, 0.2) is 5.16 Å². The van der Waals surface area contributed by atoms with E-state index in [9.17, 15) is 4.79 Å². The molecule has 7 nitrogen and oxygen atoms in total. The highest BCUT2D eigenvalue weighted by Gasteiger charge is 2.26. The number of aromatic nitrogens is 3. The Labute approximate surface area is 135 Å². The van der Waals surface area contributed by atoms with E-state index >= 15 is 0 Å². The van der Waals surface area contributed by atoms with Crippen LogP contribution < -0.4 is 0 Å². The zero-order chi connectivity index (χ0) is 16.3. The highest BCUT2D eigenvalue weighted by atomic mass is 32.2. The lowest BCUT2D eigenvalue weighted by Gasteiger charge is -2.22. The third-order valence-electron chi connectivity index (χ3n) is 3.06. The SMILES string of the molecule is CN(C)C(=O)n1nc(C(C)(C)C)nc1SCC1OCCCO1. The van der Waals surface area contributed by atoms with Gasteiger partial charge in [-0.05, 0) is 6.42 Å². The summed E-state index contributed by atoms with van der Waals surface area (Å²) in [5.41, 5.74) is -0.217. The first-order valence-electron chi connectivity index (χ1n) is 7.34. The van der Waals surface area contributed by atoms with Gasteiger partial charge in [0.05, 0.1) is 19.0 Å². The monoisotopic (exact) mass is 328 g/mol. The van der Waals surface area contributed by atoms with Gasteiger partial charge in [0.2, 0.25) is 0 Å². The number of thioether (sulfide) groups is 1. The zero-order valence-corrected chi connectivity index (χ0v) is 14.6. The van der Waals surface area contributed by atoms with Crippen molar-refractivity contribution < 1.29 is 14.3 Å². The fourth-order valence-corrected chi connectivity index (χ4v) is 2.67. The molecule has 0 atom stereocenters. The van der Waals surface area contributed by atoms with Gasteiger partial charge >= 0.3 is 6.03 Å². The van der Waals surface area contributed by atoms with Crippen molar-refractivity contribution in [2.45, 2.75) is 44.1 Å². The van der Waals surface area contributed by atoms with Gasteiger partial charge in [0.1, 0.15) is 0 Å². The molecule has 0 saturated carbocycles. The van der Waals surface area contributed by atoms with Crippen LogP contribution in [0.5, 0.6) is 0 Å². The van der Waals surface area contributed by atoms with Gasteiger partial charge in [-0.2, -0.15) is 4.68 Å². The van der Waals surface area contributed by atoms with Gasteiger partial charge in [0, 0.05) is 19.5 Å². The molecule has 8 heteroatoms. The van der Waals surface area contributed by atoms with Gasteiger partial charge in [0.25, 0.3) is 0 Å². The summed E-state index contributed by atoms with van der Waals surface area (Å²) in [6.45, 7) is 7.49. The second-order valence-corrected chi connectivity index (χ2v) is 7.38. The van der Waals surface area contributed by atoms with Crippen LogP contribution in [0.1, 0.15) is 33.0 Å². The molecule has 0 spiro atoms. The largest absolute Gasteiger partial charge is 0.352 e. The van der Waals surface area contributed by atoms with E-state index in [2.05, 4.69) is 10.1 Å². The standard InChI is InChI=1S/C14H24N4O3S/c1-14(2,3)11-15-12(18(16-11)13(19)17(4)5)22-9-10-20-7-6-8-21-10/h10H,6-9H2,1-5H3. The lowest BCUT2D eigenvalue weighted by molar-refractivity contribution is -0.164. The number of carbonyl (C=O) groups is 1. The van der Waals surface area contributed by atoms with Gasteiger partial charge in [-0.25, -0.2) is 9.78 Å². The third kappa shape index (κ3) is 4.21. The number of ether oxygens (including phenoxy) is 2. The Kier molecular flexibility index (Phi) is 5.46. The van der Waals surface area contributed by atoms with Crippen LogP contribution in [0.3, 0.4) is 0 Å².